The maximum absolute atomic E-state index is 11.4. The molecule has 166 valence electrons. The first kappa shape index (κ1) is 21.2. The lowest BCUT2D eigenvalue weighted by molar-refractivity contribution is 0.0697. The molecule has 0 radical (unpaired) electrons. The van der Waals surface area contributed by atoms with Crippen molar-refractivity contribution in [2.24, 2.45) is 0 Å². The van der Waals surface area contributed by atoms with Crippen molar-refractivity contribution >= 4 is 34.9 Å². The van der Waals surface area contributed by atoms with E-state index in [-0.39, 0.29) is 17.6 Å². The van der Waals surface area contributed by atoms with Gasteiger partial charge in [0.1, 0.15) is 23.3 Å². The quantitative estimate of drug-likeness (QED) is 0.352. The lowest BCUT2D eigenvalue weighted by Crippen LogP contribution is -2.28. The lowest BCUT2D eigenvalue weighted by atomic mass is 10.0. The van der Waals surface area contributed by atoms with Crippen LogP contribution in [0.4, 0.5) is 0 Å². The van der Waals surface area contributed by atoms with E-state index in [4.69, 9.17) is 32.7 Å². The highest BCUT2D eigenvalue weighted by Crippen LogP contribution is 2.42. The third-order valence-corrected chi connectivity index (χ3v) is 6.18. The van der Waals surface area contributed by atoms with Crippen molar-refractivity contribution in [2.45, 2.75) is 18.6 Å². The van der Waals surface area contributed by atoms with Gasteiger partial charge >= 0.3 is 5.97 Å². The minimum absolute atomic E-state index is 0.127. The molecule has 1 aromatic carbocycles. The molecule has 1 aliphatic heterocycles. The number of aromatic carboxylic acids is 1. The Balaban J connectivity index is 1.56. The molecule has 0 spiro atoms. The van der Waals surface area contributed by atoms with Gasteiger partial charge in [-0.15, -0.1) is 0 Å². The molecule has 33 heavy (non-hydrogen) atoms. The van der Waals surface area contributed by atoms with Crippen LogP contribution in [0.3, 0.4) is 0 Å². The minimum Gasteiger partial charge on any atom is -0.478 e. The van der Waals surface area contributed by atoms with E-state index in [0.717, 1.165) is 11.5 Å². The number of benzene rings is 1. The molecule has 0 bridgehead atoms. The molecule has 5 rings (SSSR count). The van der Waals surface area contributed by atoms with Gasteiger partial charge in [0, 0.05) is 11.8 Å². The number of carboxylic acid groups (broad SMARTS) is 1. The van der Waals surface area contributed by atoms with Gasteiger partial charge < -0.3 is 24.2 Å². The van der Waals surface area contributed by atoms with Crippen LogP contribution >= 0.6 is 23.8 Å². The van der Waals surface area contributed by atoms with Gasteiger partial charge in [-0.3, -0.25) is 4.98 Å². The van der Waals surface area contributed by atoms with E-state index in [9.17, 15) is 9.90 Å². The first-order chi connectivity index (χ1) is 16.0. The van der Waals surface area contributed by atoms with Crippen molar-refractivity contribution in [3.8, 4) is 11.3 Å². The Morgan fingerprint density at radius 3 is 2.79 bits per heavy atom. The Kier molecular flexibility index (Phi) is 5.62. The maximum Gasteiger partial charge on any atom is 0.335 e. The number of thiocarbonyl (C=S) groups is 1. The number of furan rings is 2. The summed E-state index contributed by atoms with van der Waals surface area (Å²) < 4.78 is 11.8. The van der Waals surface area contributed by atoms with E-state index in [1.807, 2.05) is 41.3 Å². The number of halogens is 1. The van der Waals surface area contributed by atoms with E-state index in [1.165, 1.54) is 12.1 Å². The summed E-state index contributed by atoms with van der Waals surface area (Å²) in [6, 6.07) is 17.0. The first-order valence-electron chi connectivity index (χ1n) is 10.1. The maximum atomic E-state index is 11.4. The highest BCUT2D eigenvalue weighted by molar-refractivity contribution is 7.80. The van der Waals surface area contributed by atoms with Gasteiger partial charge in [0.15, 0.2) is 5.11 Å². The van der Waals surface area contributed by atoms with Gasteiger partial charge in [0.2, 0.25) is 0 Å². The predicted molar refractivity (Wildman–Crippen MR) is 126 cm³/mol. The molecule has 0 unspecified atom stereocenters. The van der Waals surface area contributed by atoms with Crippen molar-refractivity contribution < 1.29 is 18.7 Å². The number of rotatable bonds is 6. The highest BCUT2D eigenvalue weighted by atomic mass is 35.5. The normalized spacial score (nSPS) is 17.8. The molecule has 3 aromatic heterocycles. The number of nitrogens with zero attached hydrogens (tertiary/aromatic N) is 2. The van der Waals surface area contributed by atoms with Crippen LogP contribution in [-0.2, 0) is 6.54 Å². The van der Waals surface area contributed by atoms with Crippen molar-refractivity contribution in [2.75, 3.05) is 0 Å². The largest absolute Gasteiger partial charge is 0.478 e. The van der Waals surface area contributed by atoms with E-state index in [1.54, 1.807) is 24.6 Å². The van der Waals surface area contributed by atoms with Crippen molar-refractivity contribution in [1.29, 1.82) is 0 Å². The Morgan fingerprint density at radius 2 is 2.06 bits per heavy atom. The molecule has 0 saturated carbocycles. The van der Waals surface area contributed by atoms with E-state index >= 15 is 0 Å². The molecule has 4 aromatic rings. The van der Waals surface area contributed by atoms with Crippen LogP contribution in [0.2, 0.25) is 5.02 Å². The zero-order valence-corrected chi connectivity index (χ0v) is 18.7. The second-order valence-corrected chi connectivity index (χ2v) is 8.33. The fourth-order valence-electron chi connectivity index (χ4n) is 3.96. The Hall–Kier alpha value is -3.62. The highest BCUT2D eigenvalue weighted by Gasteiger charge is 2.42. The average Bonchev–Trinajstić information content (AvgIpc) is 3.56. The van der Waals surface area contributed by atoms with Crippen molar-refractivity contribution in [3.05, 3.63) is 101 Å². The third-order valence-electron chi connectivity index (χ3n) is 5.50. The Labute approximate surface area is 199 Å². The average molecular weight is 480 g/mol. The summed E-state index contributed by atoms with van der Waals surface area (Å²) in [6.45, 7) is 0.443. The lowest BCUT2D eigenvalue weighted by Gasteiger charge is -2.25. The molecule has 1 aliphatic rings. The molecule has 1 saturated heterocycles. The fourth-order valence-corrected chi connectivity index (χ4v) is 4.47. The van der Waals surface area contributed by atoms with Gasteiger partial charge in [-0.1, -0.05) is 17.7 Å². The molecule has 0 aliphatic carbocycles. The molecule has 1 fully saturated rings. The third kappa shape index (κ3) is 4.10. The number of aromatic nitrogens is 1. The van der Waals surface area contributed by atoms with Crippen molar-refractivity contribution in [3.63, 3.8) is 0 Å². The summed E-state index contributed by atoms with van der Waals surface area (Å²) in [5, 5.41) is 13.7. The molecule has 2 atom stereocenters. The number of carbonyl (C=O) groups is 1. The van der Waals surface area contributed by atoms with Gasteiger partial charge in [-0.2, -0.15) is 0 Å². The first-order valence-corrected chi connectivity index (χ1v) is 10.9. The second-order valence-electron chi connectivity index (χ2n) is 7.54. The molecule has 0 amide bonds. The molecular weight excluding hydrogens is 462 g/mol. The number of hydrogen-bond donors (Lipinski definition) is 2. The number of pyridine rings is 1. The summed E-state index contributed by atoms with van der Waals surface area (Å²) in [4.78, 5) is 17.9. The second kappa shape index (κ2) is 8.73. The molecule has 9 heteroatoms. The molecule has 4 heterocycles. The summed E-state index contributed by atoms with van der Waals surface area (Å²) in [6.07, 6.45) is 3.35. The summed E-state index contributed by atoms with van der Waals surface area (Å²) >= 11 is 12.0. The van der Waals surface area contributed by atoms with Crippen LogP contribution in [0.1, 0.15) is 39.7 Å². The van der Waals surface area contributed by atoms with Crippen LogP contribution in [0.25, 0.3) is 11.3 Å². The Morgan fingerprint density at radius 1 is 1.18 bits per heavy atom. The number of nitrogens with one attached hydrogen (secondary N) is 1. The standard InChI is InChI=1S/C24H18ClN3O4S/c25-17-7-6-14(23(29)30)12-16(17)19-8-9-20(32-19)22-21(18-5-1-2-10-26-18)27-24(33)28(22)13-15-4-3-11-31-15/h1-12,21-22H,13H2,(H,27,33)(H,29,30)/t21-,22+/m1/s1. The molecular formula is C24H18ClN3O4S. The van der Waals surface area contributed by atoms with Crippen LogP contribution < -0.4 is 5.32 Å². The topological polar surface area (TPSA) is 91.7 Å². The van der Waals surface area contributed by atoms with Gasteiger partial charge in [0.05, 0.1) is 35.1 Å². The van der Waals surface area contributed by atoms with Crippen LogP contribution in [-0.4, -0.2) is 26.1 Å². The smallest absolute Gasteiger partial charge is 0.335 e. The molecule has 7 nitrogen and oxygen atoms in total. The van der Waals surface area contributed by atoms with E-state index < -0.39 is 5.97 Å². The summed E-state index contributed by atoms with van der Waals surface area (Å²) in [7, 11) is 0. The SMILES string of the molecule is O=C(O)c1ccc(Cl)c(-c2ccc([C@H]3[C@@H](c4ccccn4)NC(=S)N3Cc3ccco3)o2)c1. The van der Waals surface area contributed by atoms with Gasteiger partial charge in [-0.25, -0.2) is 4.79 Å². The zero-order valence-electron chi connectivity index (χ0n) is 17.1. The molecule has 2 N–H and O–H groups in total. The van der Waals surface area contributed by atoms with Crippen molar-refractivity contribution in [1.82, 2.24) is 15.2 Å². The number of hydrogen-bond acceptors (Lipinski definition) is 5. The predicted octanol–water partition coefficient (Wildman–Crippen LogP) is 5.46. The van der Waals surface area contributed by atoms with E-state index in [0.29, 0.717) is 33.8 Å². The van der Waals surface area contributed by atoms with Crippen LogP contribution in [0, 0.1) is 0 Å². The summed E-state index contributed by atoms with van der Waals surface area (Å²) in [5.74, 6) is 0.824. The summed E-state index contributed by atoms with van der Waals surface area (Å²) in [5.41, 5.74) is 1.45. The minimum atomic E-state index is -1.04. The van der Waals surface area contributed by atoms with E-state index in [2.05, 4.69) is 10.3 Å². The number of carboxylic acids is 1. The monoisotopic (exact) mass is 479 g/mol. The van der Waals surface area contributed by atoms with Gasteiger partial charge in [-0.05, 0) is 66.8 Å². The Bertz CT molecular complexity index is 1310. The van der Waals surface area contributed by atoms with Crippen LogP contribution in [0.5, 0.6) is 0 Å². The van der Waals surface area contributed by atoms with Crippen LogP contribution in [0.15, 0.2) is 82.0 Å². The van der Waals surface area contributed by atoms with Gasteiger partial charge in [0.25, 0.3) is 0 Å². The fraction of sp³-hybridized carbons (Fsp3) is 0.125. The zero-order chi connectivity index (χ0) is 22.9.